The molecule has 0 amide bonds. The van der Waals surface area contributed by atoms with Gasteiger partial charge in [0.05, 0.1) is 0 Å². The molecule has 0 atom stereocenters. The fourth-order valence-electron chi connectivity index (χ4n) is 2.91. The highest BCUT2D eigenvalue weighted by Gasteiger charge is 2.19. The van der Waals surface area contributed by atoms with E-state index in [9.17, 15) is 18.4 Å². The molecule has 10 heteroatoms. The first-order chi connectivity index (χ1) is 13.9. The number of anilines is 2. The molecule has 29 heavy (non-hydrogen) atoms. The summed E-state index contributed by atoms with van der Waals surface area (Å²) < 4.78 is 43.3. The molecule has 4 rings (SSSR count). The molecule has 0 saturated heterocycles. The third kappa shape index (κ3) is 3.47. The summed E-state index contributed by atoms with van der Waals surface area (Å²) in [6.45, 7) is 2.33. The van der Waals surface area contributed by atoms with E-state index in [1.807, 2.05) is 13.0 Å². The second-order valence-corrected chi connectivity index (χ2v) is 7.93. The van der Waals surface area contributed by atoms with Crippen LogP contribution >= 0.6 is 27.3 Å². The molecule has 0 fully saturated rings. The molecule has 0 saturated carbocycles. The van der Waals surface area contributed by atoms with Crippen LogP contribution in [0.15, 0.2) is 34.8 Å². The van der Waals surface area contributed by atoms with E-state index in [0.29, 0.717) is 27.4 Å². The van der Waals surface area contributed by atoms with Gasteiger partial charge in [0.1, 0.15) is 28.0 Å². The van der Waals surface area contributed by atoms with Gasteiger partial charge in [-0.2, -0.15) is 10.4 Å². The summed E-state index contributed by atoms with van der Waals surface area (Å²) >= 11 is 4.33. The minimum absolute atomic E-state index is 0.204. The summed E-state index contributed by atoms with van der Waals surface area (Å²) in [7, 11) is 0. The number of rotatable bonds is 4. The highest BCUT2D eigenvalue weighted by atomic mass is 79.9. The Hall–Kier alpha value is -2.90. The van der Waals surface area contributed by atoms with Crippen molar-refractivity contribution in [3.8, 4) is 17.3 Å². The van der Waals surface area contributed by atoms with Crippen LogP contribution in [0.25, 0.3) is 22.2 Å². The predicted octanol–water partition coefficient (Wildman–Crippen LogP) is 5.97. The average molecular weight is 478 g/mol. The van der Waals surface area contributed by atoms with Gasteiger partial charge in [0.15, 0.2) is 22.6 Å². The molecule has 0 spiro atoms. The van der Waals surface area contributed by atoms with E-state index in [4.69, 9.17) is 0 Å². The first kappa shape index (κ1) is 19.4. The zero-order valence-corrected chi connectivity index (χ0v) is 17.2. The van der Waals surface area contributed by atoms with Crippen molar-refractivity contribution < 1.29 is 13.2 Å². The number of aromatic nitrogens is 3. The molecule has 2 heterocycles. The summed E-state index contributed by atoms with van der Waals surface area (Å²) in [5.74, 6) is -1.96. The Kier molecular flexibility index (Phi) is 5.02. The number of hydrogen-bond acceptors (Lipinski definition) is 5. The van der Waals surface area contributed by atoms with Crippen LogP contribution in [-0.4, -0.2) is 14.8 Å². The predicted molar refractivity (Wildman–Crippen MR) is 109 cm³/mol. The topological polar surface area (TPSA) is 66.5 Å². The molecule has 146 valence electrons. The quantitative estimate of drug-likeness (QED) is 0.392. The number of fused-ring (bicyclic) bond motifs is 1. The van der Waals surface area contributed by atoms with Crippen molar-refractivity contribution in [2.45, 2.75) is 13.5 Å². The van der Waals surface area contributed by atoms with Crippen LogP contribution < -0.4 is 5.32 Å². The molecular weight excluding hydrogens is 467 g/mol. The molecule has 2 aromatic heterocycles. The Morgan fingerprint density at radius 1 is 1.17 bits per heavy atom. The number of nitrogens with one attached hydrogen (secondary N) is 1. The number of hydrogen-bond donors (Lipinski definition) is 1. The number of aryl methyl sites for hydroxylation is 1. The molecule has 1 N–H and O–H groups in total. The Morgan fingerprint density at radius 2 is 1.97 bits per heavy atom. The third-order valence-electron chi connectivity index (χ3n) is 4.21. The van der Waals surface area contributed by atoms with E-state index in [-0.39, 0.29) is 21.7 Å². The van der Waals surface area contributed by atoms with Gasteiger partial charge >= 0.3 is 0 Å². The summed E-state index contributed by atoms with van der Waals surface area (Å²) in [4.78, 5) is 4.61. The SMILES string of the molecule is CCn1nc2c(F)cc(Br)cc2c1Nc1nc(-c2ccc(F)c(F)c2)c(C#N)s1. The second-order valence-electron chi connectivity index (χ2n) is 6.01. The van der Waals surface area contributed by atoms with Crippen LogP contribution in [0.4, 0.5) is 24.1 Å². The van der Waals surface area contributed by atoms with Gasteiger partial charge in [-0.1, -0.05) is 27.3 Å². The lowest BCUT2D eigenvalue weighted by molar-refractivity contribution is 0.509. The summed E-state index contributed by atoms with van der Waals surface area (Å²) in [5, 5.41) is 17.7. The Morgan fingerprint density at radius 3 is 2.66 bits per heavy atom. The van der Waals surface area contributed by atoms with Crippen LogP contribution in [0.3, 0.4) is 0 Å². The van der Waals surface area contributed by atoms with Crippen molar-refractivity contribution in [3.63, 3.8) is 0 Å². The van der Waals surface area contributed by atoms with Gasteiger partial charge in [-0.3, -0.25) is 0 Å². The molecule has 2 aromatic carbocycles. The van der Waals surface area contributed by atoms with Crippen LogP contribution in [0, 0.1) is 28.8 Å². The number of benzene rings is 2. The molecule has 5 nitrogen and oxygen atoms in total. The fraction of sp³-hybridized carbons (Fsp3) is 0.105. The first-order valence-electron chi connectivity index (χ1n) is 8.40. The summed E-state index contributed by atoms with van der Waals surface area (Å²) in [5.41, 5.74) is 0.723. The molecule has 0 unspecified atom stereocenters. The van der Waals surface area contributed by atoms with E-state index in [0.717, 1.165) is 23.5 Å². The Balaban J connectivity index is 1.81. The zero-order chi connectivity index (χ0) is 20.7. The van der Waals surface area contributed by atoms with E-state index >= 15 is 0 Å². The van der Waals surface area contributed by atoms with Gasteiger partial charge in [-0.05, 0) is 37.3 Å². The fourth-order valence-corrected chi connectivity index (χ4v) is 4.12. The highest BCUT2D eigenvalue weighted by Crippen LogP contribution is 2.36. The molecule has 0 aliphatic carbocycles. The molecule has 0 aliphatic heterocycles. The van der Waals surface area contributed by atoms with Crippen molar-refractivity contribution in [3.05, 3.63) is 57.1 Å². The summed E-state index contributed by atoms with van der Waals surface area (Å²) in [6, 6.07) is 8.42. The van der Waals surface area contributed by atoms with E-state index < -0.39 is 17.5 Å². The van der Waals surface area contributed by atoms with Crippen LogP contribution in [0.5, 0.6) is 0 Å². The van der Waals surface area contributed by atoms with E-state index in [2.05, 4.69) is 31.3 Å². The lowest BCUT2D eigenvalue weighted by Gasteiger charge is -2.06. The minimum atomic E-state index is -1.02. The van der Waals surface area contributed by atoms with Gasteiger partial charge in [0, 0.05) is 22.0 Å². The maximum atomic E-state index is 14.3. The number of nitrogens with zero attached hydrogens (tertiary/aromatic N) is 4. The third-order valence-corrected chi connectivity index (χ3v) is 5.54. The number of halogens is 4. The van der Waals surface area contributed by atoms with Gasteiger partial charge < -0.3 is 5.32 Å². The maximum absolute atomic E-state index is 14.3. The van der Waals surface area contributed by atoms with Crippen LogP contribution in [0.2, 0.25) is 0 Å². The van der Waals surface area contributed by atoms with Gasteiger partial charge in [-0.25, -0.2) is 22.8 Å². The van der Waals surface area contributed by atoms with E-state index in [1.165, 1.54) is 12.1 Å². The van der Waals surface area contributed by atoms with Gasteiger partial charge in [-0.15, -0.1) is 0 Å². The van der Waals surface area contributed by atoms with Crippen LogP contribution in [0.1, 0.15) is 11.8 Å². The molecule has 0 aliphatic rings. The normalized spacial score (nSPS) is 11.0. The molecular formula is C19H11BrF3N5S. The average Bonchev–Trinajstić information content (AvgIpc) is 3.26. The Bertz CT molecular complexity index is 1290. The number of nitriles is 1. The van der Waals surface area contributed by atoms with Crippen molar-refractivity contribution in [2.24, 2.45) is 0 Å². The maximum Gasteiger partial charge on any atom is 0.190 e. The first-order valence-corrected chi connectivity index (χ1v) is 10.0. The van der Waals surface area contributed by atoms with E-state index in [1.54, 1.807) is 10.7 Å². The smallest absolute Gasteiger partial charge is 0.190 e. The van der Waals surface area contributed by atoms with Gasteiger partial charge in [0.2, 0.25) is 0 Å². The standard InChI is InChI=1S/C19H11BrF3N5S/c1-2-28-18(11-6-10(20)7-14(23)17(11)27-28)26-19-25-16(15(8-24)29-19)9-3-4-12(21)13(22)5-9/h3-7H,2H2,1H3,(H,25,26). The lowest BCUT2D eigenvalue weighted by atomic mass is 10.1. The zero-order valence-electron chi connectivity index (χ0n) is 14.8. The van der Waals surface area contributed by atoms with Crippen molar-refractivity contribution >= 4 is 49.1 Å². The highest BCUT2D eigenvalue weighted by molar-refractivity contribution is 9.10. The van der Waals surface area contributed by atoms with Crippen molar-refractivity contribution in [1.29, 1.82) is 5.26 Å². The van der Waals surface area contributed by atoms with Gasteiger partial charge in [0.25, 0.3) is 0 Å². The lowest BCUT2D eigenvalue weighted by Crippen LogP contribution is -2.02. The minimum Gasteiger partial charge on any atom is -0.316 e. The monoisotopic (exact) mass is 477 g/mol. The Labute approximate surface area is 175 Å². The van der Waals surface area contributed by atoms with Crippen LogP contribution in [-0.2, 0) is 6.54 Å². The van der Waals surface area contributed by atoms with Crippen molar-refractivity contribution in [2.75, 3.05) is 5.32 Å². The molecule has 0 radical (unpaired) electrons. The molecule has 0 bridgehead atoms. The summed E-state index contributed by atoms with van der Waals surface area (Å²) in [6.07, 6.45) is 0. The molecule has 4 aromatic rings. The number of thiazole rings is 1. The second kappa shape index (κ2) is 7.50. The largest absolute Gasteiger partial charge is 0.316 e. The van der Waals surface area contributed by atoms with Crippen molar-refractivity contribution in [1.82, 2.24) is 14.8 Å².